The van der Waals surface area contributed by atoms with Crippen LogP contribution in [0.4, 0.5) is 18.0 Å². The molecule has 2 atom stereocenters. The van der Waals surface area contributed by atoms with Crippen LogP contribution in [-0.2, 0) is 10.9 Å². The van der Waals surface area contributed by atoms with Gasteiger partial charge in [0.05, 0.1) is 18.7 Å². The highest BCUT2D eigenvalue weighted by Gasteiger charge is 2.37. The van der Waals surface area contributed by atoms with E-state index >= 15 is 0 Å². The zero-order valence-electron chi connectivity index (χ0n) is 13.9. The molecule has 0 spiro atoms. The molecule has 1 saturated heterocycles. The fourth-order valence-electron chi connectivity index (χ4n) is 3.30. The summed E-state index contributed by atoms with van der Waals surface area (Å²) in [5, 5.41) is 2.21. The van der Waals surface area contributed by atoms with Crippen LogP contribution < -0.4 is 5.56 Å². The fourth-order valence-corrected chi connectivity index (χ4v) is 3.30. The predicted octanol–water partition coefficient (Wildman–Crippen LogP) is 3.67. The van der Waals surface area contributed by atoms with Gasteiger partial charge in [-0.05, 0) is 30.5 Å². The highest BCUT2D eigenvalue weighted by Crippen LogP contribution is 2.40. The van der Waals surface area contributed by atoms with Crippen molar-refractivity contribution in [2.75, 3.05) is 13.7 Å². The predicted molar refractivity (Wildman–Crippen MR) is 84.6 cm³/mol. The third kappa shape index (κ3) is 3.61. The molecular weight excluding hydrogens is 353 g/mol. The standard InChI is InChI=1S/C17H17F3N2O4/c1-25-16(24)22-6-5-11(14-9-15(23)21-26-14)8-13(22)10-3-2-4-12(7-10)17(18,19)20/h2-4,7,9,11,13H,5-6,8H2,1H3,(H,21,23)/t11-,13+/m1/s1. The minimum absolute atomic E-state index is 0.200. The number of halogens is 3. The summed E-state index contributed by atoms with van der Waals surface area (Å²) in [6.45, 7) is 0.271. The van der Waals surface area contributed by atoms with Crippen LogP contribution in [0.25, 0.3) is 0 Å². The number of benzene rings is 1. The summed E-state index contributed by atoms with van der Waals surface area (Å²) in [7, 11) is 1.23. The van der Waals surface area contributed by atoms with Crippen molar-refractivity contribution in [1.29, 1.82) is 0 Å². The van der Waals surface area contributed by atoms with Gasteiger partial charge in [-0.15, -0.1) is 0 Å². The topological polar surface area (TPSA) is 75.5 Å². The van der Waals surface area contributed by atoms with Crippen molar-refractivity contribution in [1.82, 2.24) is 10.1 Å². The maximum Gasteiger partial charge on any atom is 0.416 e. The van der Waals surface area contributed by atoms with Crippen molar-refractivity contribution in [2.45, 2.75) is 31.0 Å². The molecule has 0 unspecified atom stereocenters. The largest absolute Gasteiger partial charge is 0.453 e. The number of aromatic amines is 1. The minimum atomic E-state index is -4.48. The number of hydrogen-bond acceptors (Lipinski definition) is 4. The van der Waals surface area contributed by atoms with Gasteiger partial charge in [-0.25, -0.2) is 4.79 Å². The van der Waals surface area contributed by atoms with Crippen LogP contribution in [0.5, 0.6) is 0 Å². The van der Waals surface area contributed by atoms with Gasteiger partial charge in [0.25, 0.3) is 5.56 Å². The van der Waals surface area contributed by atoms with Crippen LogP contribution in [0.2, 0.25) is 0 Å². The fraction of sp³-hybridized carbons (Fsp3) is 0.412. The van der Waals surface area contributed by atoms with E-state index in [0.717, 1.165) is 12.1 Å². The van der Waals surface area contributed by atoms with Crippen LogP contribution in [-0.4, -0.2) is 29.8 Å². The Bertz CT molecular complexity index is 843. The van der Waals surface area contributed by atoms with Crippen molar-refractivity contribution in [2.24, 2.45) is 0 Å². The molecule has 0 bridgehead atoms. The lowest BCUT2D eigenvalue weighted by atomic mass is 9.85. The second-order valence-corrected chi connectivity index (χ2v) is 6.14. The monoisotopic (exact) mass is 370 g/mol. The van der Waals surface area contributed by atoms with Crippen molar-refractivity contribution in [3.05, 3.63) is 57.6 Å². The van der Waals surface area contributed by atoms with Gasteiger partial charge in [-0.2, -0.15) is 18.3 Å². The summed E-state index contributed by atoms with van der Waals surface area (Å²) >= 11 is 0. The average molecular weight is 370 g/mol. The lowest BCUT2D eigenvalue weighted by Gasteiger charge is -2.38. The zero-order chi connectivity index (χ0) is 18.9. The number of piperidine rings is 1. The van der Waals surface area contributed by atoms with Crippen molar-refractivity contribution in [3.63, 3.8) is 0 Å². The lowest BCUT2D eigenvalue weighted by Crippen LogP contribution is -2.40. The van der Waals surface area contributed by atoms with E-state index in [1.54, 1.807) is 6.07 Å². The molecule has 6 nitrogen and oxygen atoms in total. The Kier molecular flexibility index (Phi) is 4.80. The van der Waals surface area contributed by atoms with Crippen molar-refractivity contribution in [3.8, 4) is 0 Å². The van der Waals surface area contributed by atoms with Crippen LogP contribution in [0, 0.1) is 0 Å². The Hall–Kier alpha value is -2.71. The first kappa shape index (κ1) is 18.1. The first-order valence-corrected chi connectivity index (χ1v) is 7.99. The number of H-pyrrole nitrogens is 1. The maximum absolute atomic E-state index is 13.0. The first-order valence-electron chi connectivity index (χ1n) is 7.99. The van der Waals surface area contributed by atoms with Gasteiger partial charge < -0.3 is 14.2 Å². The lowest BCUT2D eigenvalue weighted by molar-refractivity contribution is -0.137. The molecule has 2 aromatic rings. The molecule has 140 valence electrons. The number of ether oxygens (including phenoxy) is 1. The molecule has 9 heteroatoms. The van der Waals surface area contributed by atoms with E-state index < -0.39 is 23.9 Å². The number of amides is 1. The van der Waals surface area contributed by atoms with Crippen molar-refractivity contribution >= 4 is 6.09 Å². The van der Waals surface area contributed by atoms with Gasteiger partial charge in [0.2, 0.25) is 0 Å². The third-order valence-corrected chi connectivity index (χ3v) is 4.56. The van der Waals surface area contributed by atoms with Gasteiger partial charge in [0, 0.05) is 18.5 Å². The molecule has 1 aliphatic heterocycles. The molecule has 3 rings (SSSR count). The maximum atomic E-state index is 13.0. The van der Waals surface area contributed by atoms with E-state index in [-0.39, 0.29) is 18.0 Å². The number of alkyl halides is 3. The van der Waals surface area contributed by atoms with Crippen LogP contribution >= 0.6 is 0 Å². The number of nitrogens with zero attached hydrogens (tertiary/aromatic N) is 1. The third-order valence-electron chi connectivity index (χ3n) is 4.56. The zero-order valence-corrected chi connectivity index (χ0v) is 13.9. The van der Waals surface area contributed by atoms with Crippen LogP contribution in [0.15, 0.2) is 39.6 Å². The number of likely N-dealkylation sites (tertiary alicyclic amines) is 1. The molecule has 26 heavy (non-hydrogen) atoms. The molecule has 1 aliphatic rings. The molecule has 1 amide bonds. The van der Waals surface area contributed by atoms with E-state index in [1.807, 2.05) is 0 Å². The molecule has 1 N–H and O–H groups in total. The average Bonchev–Trinajstić information content (AvgIpc) is 3.06. The normalized spacial score (nSPS) is 20.8. The second-order valence-electron chi connectivity index (χ2n) is 6.14. The Morgan fingerprint density at radius 1 is 1.35 bits per heavy atom. The highest BCUT2D eigenvalue weighted by molar-refractivity contribution is 5.68. The van der Waals surface area contributed by atoms with Gasteiger partial charge >= 0.3 is 12.3 Å². The summed E-state index contributed by atoms with van der Waals surface area (Å²) in [6, 6.07) is 5.58. The van der Waals surface area contributed by atoms with E-state index in [0.29, 0.717) is 24.2 Å². The Morgan fingerprint density at radius 3 is 2.73 bits per heavy atom. The summed E-state index contributed by atoms with van der Waals surface area (Å²) in [6.07, 6.45) is -4.27. The van der Waals surface area contributed by atoms with Crippen LogP contribution in [0.3, 0.4) is 0 Å². The molecule has 1 aromatic carbocycles. The Labute approximate surface area is 146 Å². The van der Waals surface area contributed by atoms with E-state index in [1.165, 1.54) is 24.1 Å². The number of nitrogens with one attached hydrogen (secondary N) is 1. The number of methoxy groups -OCH3 is 1. The molecule has 2 heterocycles. The number of carbonyl (C=O) groups excluding carboxylic acids is 1. The second kappa shape index (κ2) is 6.89. The molecule has 1 aromatic heterocycles. The number of carbonyl (C=O) groups is 1. The first-order chi connectivity index (χ1) is 12.3. The van der Waals surface area contributed by atoms with Crippen LogP contribution in [0.1, 0.15) is 41.7 Å². The van der Waals surface area contributed by atoms with E-state index in [4.69, 9.17) is 9.26 Å². The van der Waals surface area contributed by atoms with E-state index in [2.05, 4.69) is 5.16 Å². The number of rotatable bonds is 2. The summed E-state index contributed by atoms with van der Waals surface area (Å²) < 4.78 is 49.0. The number of hydrogen-bond donors (Lipinski definition) is 1. The smallest absolute Gasteiger partial charge is 0.416 e. The molecule has 0 saturated carbocycles. The Morgan fingerprint density at radius 2 is 2.12 bits per heavy atom. The minimum Gasteiger partial charge on any atom is -0.453 e. The van der Waals surface area contributed by atoms with Gasteiger partial charge in [0.15, 0.2) is 0 Å². The molecule has 0 radical (unpaired) electrons. The molecule has 1 fully saturated rings. The summed E-state index contributed by atoms with van der Waals surface area (Å²) in [4.78, 5) is 24.8. The van der Waals surface area contributed by atoms with Gasteiger partial charge in [-0.3, -0.25) is 4.79 Å². The molecule has 0 aliphatic carbocycles. The summed E-state index contributed by atoms with van der Waals surface area (Å²) in [5.74, 6) is 0.228. The molecular formula is C17H17F3N2O4. The highest BCUT2D eigenvalue weighted by atomic mass is 19.4. The quantitative estimate of drug-likeness (QED) is 0.875. The van der Waals surface area contributed by atoms with E-state index in [9.17, 15) is 22.8 Å². The SMILES string of the molecule is COC(=O)N1CC[C@@H](c2cc(=O)[nH]o2)C[C@H]1c1cccc(C(F)(F)F)c1. The Balaban J connectivity index is 1.95. The van der Waals surface area contributed by atoms with Gasteiger partial charge in [0.1, 0.15) is 5.76 Å². The van der Waals surface area contributed by atoms with Crippen molar-refractivity contribution < 1.29 is 27.2 Å². The van der Waals surface area contributed by atoms with Gasteiger partial charge in [-0.1, -0.05) is 12.1 Å². The summed E-state index contributed by atoms with van der Waals surface area (Å²) in [5.41, 5.74) is -0.811. The number of aromatic nitrogens is 1.